The topological polar surface area (TPSA) is 143 Å². The number of alkyl carbamates (subject to hydrolysis) is 1. The Morgan fingerprint density at radius 1 is 0.830 bits per heavy atom. The van der Waals surface area contributed by atoms with E-state index in [2.05, 4.69) is 41.2 Å². The molecule has 1 aliphatic rings. The van der Waals surface area contributed by atoms with Crippen LogP contribution < -0.4 is 16.0 Å². The van der Waals surface area contributed by atoms with Gasteiger partial charge < -0.3 is 30.5 Å². The van der Waals surface area contributed by atoms with Crippen molar-refractivity contribution in [3.05, 3.63) is 121 Å². The molecule has 4 rings (SSSR count). The second-order valence-electron chi connectivity index (χ2n) is 14.5. The number of hydrogen-bond donors (Lipinski definition) is 4. The molecule has 10 heteroatoms. The molecule has 282 valence electrons. The Kier molecular flexibility index (Phi) is 15.0. The summed E-state index contributed by atoms with van der Waals surface area (Å²) >= 11 is 0. The van der Waals surface area contributed by atoms with E-state index in [1.807, 2.05) is 87.5 Å². The highest BCUT2D eigenvalue weighted by atomic mass is 16.6. The van der Waals surface area contributed by atoms with Crippen molar-refractivity contribution in [2.24, 2.45) is 11.3 Å². The van der Waals surface area contributed by atoms with Crippen LogP contribution in [0.2, 0.25) is 0 Å². The predicted molar refractivity (Wildman–Crippen MR) is 206 cm³/mol. The Labute approximate surface area is 313 Å². The van der Waals surface area contributed by atoms with Crippen LogP contribution in [0.15, 0.2) is 104 Å². The second kappa shape index (κ2) is 19.6. The number of rotatable bonds is 19. The van der Waals surface area contributed by atoms with Crippen molar-refractivity contribution >= 4 is 23.9 Å². The number of aliphatic hydroxyl groups is 1. The van der Waals surface area contributed by atoms with Crippen LogP contribution in [0.25, 0.3) is 11.1 Å². The maximum absolute atomic E-state index is 13.6. The van der Waals surface area contributed by atoms with Crippen LogP contribution in [0.4, 0.5) is 4.79 Å². The molecule has 0 saturated carbocycles. The Balaban J connectivity index is 1.34. The molecular weight excluding hydrogens is 670 g/mol. The first-order valence-corrected chi connectivity index (χ1v) is 18.2. The molecule has 3 amide bonds. The molecule has 3 aromatic rings. The third-order valence-electron chi connectivity index (χ3n) is 9.50. The molecule has 0 fully saturated rings. The molecule has 0 aliphatic heterocycles. The van der Waals surface area contributed by atoms with E-state index in [-0.39, 0.29) is 56.8 Å². The molecule has 0 bridgehead atoms. The van der Waals surface area contributed by atoms with Crippen LogP contribution >= 0.6 is 0 Å². The lowest BCUT2D eigenvalue weighted by atomic mass is 9.86. The zero-order chi connectivity index (χ0) is 38.4. The van der Waals surface area contributed by atoms with Crippen molar-refractivity contribution in [3.8, 4) is 11.1 Å². The summed E-state index contributed by atoms with van der Waals surface area (Å²) in [5, 5.41) is 18.4. The maximum Gasteiger partial charge on any atom is 0.407 e. The lowest BCUT2D eigenvalue weighted by Crippen LogP contribution is -2.51. The second-order valence-corrected chi connectivity index (χ2v) is 14.5. The number of esters is 1. The van der Waals surface area contributed by atoms with Gasteiger partial charge >= 0.3 is 12.1 Å². The van der Waals surface area contributed by atoms with E-state index in [4.69, 9.17) is 9.47 Å². The van der Waals surface area contributed by atoms with Crippen LogP contribution in [-0.2, 0) is 30.3 Å². The van der Waals surface area contributed by atoms with Gasteiger partial charge in [-0.3, -0.25) is 9.59 Å². The molecule has 3 aromatic carbocycles. The molecule has 0 heterocycles. The van der Waals surface area contributed by atoms with Gasteiger partial charge in [0.1, 0.15) is 19.3 Å². The van der Waals surface area contributed by atoms with Gasteiger partial charge in [0.15, 0.2) is 0 Å². The molecule has 10 nitrogen and oxygen atoms in total. The zero-order valence-electron chi connectivity index (χ0n) is 31.0. The van der Waals surface area contributed by atoms with Gasteiger partial charge in [0.05, 0.1) is 24.6 Å². The largest absolute Gasteiger partial charge is 0.462 e. The first-order chi connectivity index (χ1) is 25.4. The summed E-state index contributed by atoms with van der Waals surface area (Å²) in [6.45, 7) is 12.9. The van der Waals surface area contributed by atoms with Gasteiger partial charge in [0.25, 0.3) is 0 Å². The highest BCUT2D eigenvalue weighted by Crippen LogP contribution is 2.44. The number of carbonyl (C=O) groups is 4. The van der Waals surface area contributed by atoms with E-state index in [9.17, 15) is 24.3 Å². The normalized spacial score (nSPS) is 14.3. The van der Waals surface area contributed by atoms with Gasteiger partial charge in [-0.2, -0.15) is 0 Å². The Hall–Kier alpha value is -5.22. The third-order valence-corrected chi connectivity index (χ3v) is 9.50. The predicted octanol–water partition coefficient (Wildman–Crippen LogP) is 6.24. The zero-order valence-corrected chi connectivity index (χ0v) is 31.0. The minimum absolute atomic E-state index is 0.0960. The van der Waals surface area contributed by atoms with Gasteiger partial charge in [-0.15, -0.1) is 13.2 Å². The van der Waals surface area contributed by atoms with Crippen molar-refractivity contribution in [1.29, 1.82) is 0 Å². The van der Waals surface area contributed by atoms with E-state index in [1.54, 1.807) is 12.2 Å². The number of nitrogens with one attached hydrogen (secondary N) is 3. The Bertz CT molecular complexity index is 1670. The minimum atomic E-state index is -1.01. The summed E-state index contributed by atoms with van der Waals surface area (Å²) in [5.41, 5.74) is 4.80. The minimum Gasteiger partial charge on any atom is -0.462 e. The highest BCUT2D eigenvalue weighted by molar-refractivity contribution is 5.86. The quantitative estimate of drug-likeness (QED) is 0.0848. The SMILES string of the molecule is C=CCC[C@H](NC(=O)OCC1c2ccccc2-c2ccccc21)C(=O)OC[C@@H](NC(=O)[C@H](CC=C)CC(=O)N[C@H](CO)Cc1ccccc1)C(C)(C)C. The number of carbonyl (C=O) groups excluding carboxylic acids is 4. The van der Waals surface area contributed by atoms with Gasteiger partial charge in [-0.05, 0) is 58.9 Å². The Morgan fingerprint density at radius 3 is 2.04 bits per heavy atom. The van der Waals surface area contributed by atoms with Gasteiger partial charge in [0.2, 0.25) is 11.8 Å². The number of benzene rings is 3. The summed E-state index contributed by atoms with van der Waals surface area (Å²) in [6, 6.07) is 23.5. The van der Waals surface area contributed by atoms with Crippen LogP contribution in [-0.4, -0.2) is 66.9 Å². The van der Waals surface area contributed by atoms with Crippen molar-refractivity contribution in [1.82, 2.24) is 16.0 Å². The third kappa shape index (κ3) is 11.6. The molecule has 0 saturated heterocycles. The van der Waals surface area contributed by atoms with Gasteiger partial charge in [0, 0.05) is 12.3 Å². The lowest BCUT2D eigenvalue weighted by Gasteiger charge is -2.32. The van der Waals surface area contributed by atoms with E-state index >= 15 is 0 Å². The fourth-order valence-electron chi connectivity index (χ4n) is 6.43. The van der Waals surface area contributed by atoms with Crippen molar-refractivity contribution in [3.63, 3.8) is 0 Å². The Morgan fingerprint density at radius 2 is 1.45 bits per heavy atom. The fraction of sp³-hybridized carbons (Fsp3) is 0.395. The molecule has 4 atom stereocenters. The molecule has 0 radical (unpaired) electrons. The molecule has 1 aliphatic carbocycles. The van der Waals surface area contributed by atoms with E-state index in [0.717, 1.165) is 27.8 Å². The standard InChI is InChI=1S/C43H53N3O7/c1-6-8-23-37(45-42(51)53-27-36-34-21-14-12-19-32(34)33-20-13-15-22-35(33)36)41(50)52-28-38(43(3,4)5)46-40(49)30(16-7-2)25-39(48)44-31(26-47)24-29-17-10-9-11-18-29/h6-7,9-15,17-22,30-31,36-38,47H,1-2,8,16,23-28H2,3-5H3,(H,44,48)(H,45,51)(H,46,49)/t30-,31+,37+,38-/m1/s1. The van der Waals surface area contributed by atoms with E-state index < -0.39 is 41.5 Å². The molecule has 0 aromatic heterocycles. The van der Waals surface area contributed by atoms with E-state index in [1.165, 1.54) is 0 Å². The van der Waals surface area contributed by atoms with Crippen molar-refractivity contribution in [2.45, 2.75) is 76.9 Å². The average Bonchev–Trinajstić information content (AvgIpc) is 3.46. The monoisotopic (exact) mass is 723 g/mol. The number of aliphatic hydroxyl groups excluding tert-OH is 1. The summed E-state index contributed by atoms with van der Waals surface area (Å²) in [7, 11) is 0. The molecule has 0 spiro atoms. The lowest BCUT2D eigenvalue weighted by molar-refractivity contribution is -0.148. The number of amides is 3. The van der Waals surface area contributed by atoms with Crippen LogP contribution in [0.3, 0.4) is 0 Å². The van der Waals surface area contributed by atoms with Gasteiger partial charge in [-0.1, -0.05) is 112 Å². The fourth-order valence-corrected chi connectivity index (χ4v) is 6.43. The summed E-state index contributed by atoms with van der Waals surface area (Å²) in [5.74, 6) is -2.30. The molecule has 53 heavy (non-hydrogen) atoms. The van der Waals surface area contributed by atoms with Crippen molar-refractivity contribution < 1.29 is 33.8 Å². The summed E-state index contributed by atoms with van der Waals surface area (Å²) in [6.07, 6.45) is 3.75. The number of fused-ring (bicyclic) bond motifs is 3. The summed E-state index contributed by atoms with van der Waals surface area (Å²) in [4.78, 5) is 53.0. The van der Waals surface area contributed by atoms with Gasteiger partial charge in [-0.25, -0.2) is 9.59 Å². The number of ether oxygens (including phenoxy) is 2. The molecule has 0 unspecified atom stereocenters. The number of hydrogen-bond acceptors (Lipinski definition) is 7. The van der Waals surface area contributed by atoms with Crippen molar-refractivity contribution in [2.75, 3.05) is 19.8 Å². The maximum atomic E-state index is 13.6. The first kappa shape index (κ1) is 40.5. The van der Waals surface area contributed by atoms with Crippen LogP contribution in [0, 0.1) is 11.3 Å². The van der Waals surface area contributed by atoms with Crippen LogP contribution in [0.5, 0.6) is 0 Å². The van der Waals surface area contributed by atoms with Crippen LogP contribution in [0.1, 0.15) is 69.1 Å². The smallest absolute Gasteiger partial charge is 0.407 e. The van der Waals surface area contributed by atoms with E-state index in [0.29, 0.717) is 12.8 Å². The summed E-state index contributed by atoms with van der Waals surface area (Å²) < 4.78 is 11.4. The highest BCUT2D eigenvalue weighted by Gasteiger charge is 2.33. The number of allylic oxidation sites excluding steroid dienone is 2. The molecule has 4 N–H and O–H groups in total. The average molecular weight is 724 g/mol. The molecular formula is C43H53N3O7. The first-order valence-electron chi connectivity index (χ1n) is 18.2.